The Labute approximate surface area is 198 Å². The molecule has 5 aromatic rings. The summed E-state index contributed by atoms with van der Waals surface area (Å²) in [6, 6.07) is 8.04. The molecular weight excluding hydrogens is 458 g/mol. The highest BCUT2D eigenvalue weighted by Crippen LogP contribution is 2.20. The van der Waals surface area contributed by atoms with Crippen LogP contribution in [0.2, 0.25) is 5.28 Å². The number of aromatic amines is 2. The zero-order chi connectivity index (χ0) is 23.7. The van der Waals surface area contributed by atoms with E-state index in [2.05, 4.69) is 25.1 Å². The van der Waals surface area contributed by atoms with Crippen molar-refractivity contribution in [3.63, 3.8) is 0 Å². The van der Waals surface area contributed by atoms with Gasteiger partial charge in [0, 0.05) is 36.6 Å². The van der Waals surface area contributed by atoms with Crippen molar-refractivity contribution in [2.45, 2.75) is 52.1 Å². The molecule has 0 radical (unpaired) electrons. The number of para-hydroxylation sites is 1. The van der Waals surface area contributed by atoms with Gasteiger partial charge in [-0.25, -0.2) is 4.79 Å². The van der Waals surface area contributed by atoms with Gasteiger partial charge in [0.25, 0.3) is 5.56 Å². The fraction of sp³-hybridized carbons (Fsp3) is 0.348. The number of aryl methyl sites for hydroxylation is 2. The predicted octanol–water partition coefficient (Wildman–Crippen LogP) is 3.43. The molecule has 4 heterocycles. The number of unbranched alkanes of at least 4 members (excludes halogenated alkanes) is 1. The monoisotopic (exact) mass is 481 g/mol. The van der Waals surface area contributed by atoms with Gasteiger partial charge in [0.05, 0.1) is 6.42 Å². The molecule has 0 saturated carbocycles. The van der Waals surface area contributed by atoms with E-state index in [1.54, 1.807) is 0 Å². The lowest BCUT2D eigenvalue weighted by molar-refractivity contribution is 0.378. The van der Waals surface area contributed by atoms with Crippen molar-refractivity contribution < 1.29 is 4.52 Å². The molecule has 5 rings (SSSR count). The Morgan fingerprint density at radius 3 is 2.76 bits per heavy atom. The van der Waals surface area contributed by atoms with E-state index in [0.717, 1.165) is 29.3 Å². The van der Waals surface area contributed by atoms with E-state index in [9.17, 15) is 9.59 Å². The molecule has 0 atom stereocenters. The summed E-state index contributed by atoms with van der Waals surface area (Å²) in [5, 5.41) is 5.27. The van der Waals surface area contributed by atoms with E-state index < -0.39 is 5.56 Å². The molecule has 2 N–H and O–H groups in total. The van der Waals surface area contributed by atoms with Crippen molar-refractivity contribution >= 4 is 33.7 Å². The Morgan fingerprint density at radius 2 is 1.91 bits per heavy atom. The first-order chi connectivity index (χ1) is 16.5. The van der Waals surface area contributed by atoms with Crippen LogP contribution in [0.1, 0.15) is 43.5 Å². The van der Waals surface area contributed by atoms with E-state index in [1.807, 2.05) is 37.4 Å². The van der Waals surface area contributed by atoms with E-state index >= 15 is 0 Å². The molecule has 0 unspecified atom stereocenters. The highest BCUT2D eigenvalue weighted by molar-refractivity contribution is 6.28. The molecule has 11 heteroatoms. The number of nitrogens with zero attached hydrogens (tertiary/aromatic N) is 5. The standard InChI is InChI=1S/C23H24ClN7O3/c1-2-3-10-30-20-19(27-22(24)28-20)21(32)31(23(30)33)11-6-9-17-26-18(34-29-17)12-14-13-25-16-8-5-4-7-15(14)16/h4-5,7-8,13,25H,2-3,6,9-12H2,1H3,(H,27,28). The van der Waals surface area contributed by atoms with Crippen molar-refractivity contribution in [1.29, 1.82) is 0 Å². The molecule has 10 nitrogen and oxygen atoms in total. The summed E-state index contributed by atoms with van der Waals surface area (Å²) in [5.41, 5.74) is 1.85. The number of benzene rings is 1. The van der Waals surface area contributed by atoms with Crippen LogP contribution in [0.3, 0.4) is 0 Å². The first-order valence-electron chi connectivity index (χ1n) is 11.3. The fourth-order valence-electron chi connectivity index (χ4n) is 4.15. The van der Waals surface area contributed by atoms with Gasteiger partial charge in [-0.3, -0.25) is 13.9 Å². The SMILES string of the molecule is CCCCn1c(=O)n(CCCc2noc(Cc3c[nH]c4ccccc34)n2)c(=O)c2[nH]c(Cl)nc21. The first kappa shape index (κ1) is 22.1. The van der Waals surface area contributed by atoms with Gasteiger partial charge in [0.15, 0.2) is 17.0 Å². The minimum absolute atomic E-state index is 0.0871. The second-order valence-corrected chi connectivity index (χ2v) is 8.57. The maximum absolute atomic E-state index is 13.0. The molecule has 0 bridgehead atoms. The van der Waals surface area contributed by atoms with Crippen LogP contribution >= 0.6 is 11.6 Å². The maximum atomic E-state index is 13.0. The molecule has 0 aliphatic heterocycles. The zero-order valence-corrected chi connectivity index (χ0v) is 19.4. The van der Waals surface area contributed by atoms with Crippen LogP contribution in [0, 0.1) is 0 Å². The number of rotatable bonds is 9. The smallest absolute Gasteiger partial charge is 0.332 e. The largest absolute Gasteiger partial charge is 0.361 e. The summed E-state index contributed by atoms with van der Waals surface area (Å²) in [7, 11) is 0. The first-order valence-corrected chi connectivity index (χ1v) is 11.7. The highest BCUT2D eigenvalue weighted by Gasteiger charge is 2.17. The number of H-pyrrole nitrogens is 2. The van der Waals surface area contributed by atoms with Crippen molar-refractivity contribution in [1.82, 2.24) is 34.2 Å². The van der Waals surface area contributed by atoms with Gasteiger partial charge in [-0.2, -0.15) is 9.97 Å². The van der Waals surface area contributed by atoms with E-state index in [-0.39, 0.29) is 23.0 Å². The molecule has 1 aromatic carbocycles. The topological polar surface area (TPSA) is 127 Å². The summed E-state index contributed by atoms with van der Waals surface area (Å²) in [6.07, 6.45) is 5.14. The second kappa shape index (κ2) is 9.30. The number of hydrogen-bond acceptors (Lipinski definition) is 6. The Bertz CT molecular complexity index is 1570. The Hall–Kier alpha value is -3.66. The van der Waals surface area contributed by atoms with Crippen LogP contribution < -0.4 is 11.2 Å². The highest BCUT2D eigenvalue weighted by atomic mass is 35.5. The molecular formula is C23H24ClN7O3. The van der Waals surface area contributed by atoms with E-state index in [0.29, 0.717) is 43.2 Å². The third kappa shape index (κ3) is 4.16. The number of fused-ring (bicyclic) bond motifs is 2. The number of hydrogen-bond donors (Lipinski definition) is 2. The Morgan fingerprint density at radius 1 is 1.09 bits per heavy atom. The quantitative estimate of drug-likeness (QED) is 0.310. The lowest BCUT2D eigenvalue weighted by Gasteiger charge is -2.10. The van der Waals surface area contributed by atoms with Crippen LogP contribution in [-0.2, 0) is 25.9 Å². The molecule has 0 spiro atoms. The molecule has 0 aliphatic carbocycles. The van der Waals surface area contributed by atoms with Gasteiger partial charge < -0.3 is 14.5 Å². The average Bonchev–Trinajstić information content (AvgIpc) is 3.55. The van der Waals surface area contributed by atoms with Gasteiger partial charge in [0.1, 0.15) is 0 Å². The summed E-state index contributed by atoms with van der Waals surface area (Å²) in [6.45, 7) is 2.73. The molecule has 176 valence electrons. The number of aromatic nitrogens is 7. The van der Waals surface area contributed by atoms with Crippen LogP contribution in [-0.4, -0.2) is 34.2 Å². The van der Waals surface area contributed by atoms with Crippen LogP contribution in [0.4, 0.5) is 0 Å². The van der Waals surface area contributed by atoms with Crippen molar-refractivity contribution in [3.05, 3.63) is 73.9 Å². The van der Waals surface area contributed by atoms with Crippen molar-refractivity contribution in [2.24, 2.45) is 0 Å². The third-order valence-electron chi connectivity index (χ3n) is 5.88. The van der Waals surface area contributed by atoms with Crippen molar-refractivity contribution in [2.75, 3.05) is 0 Å². The zero-order valence-electron chi connectivity index (χ0n) is 18.7. The summed E-state index contributed by atoms with van der Waals surface area (Å²) >= 11 is 5.98. The Balaban J connectivity index is 1.31. The summed E-state index contributed by atoms with van der Waals surface area (Å²) in [5.74, 6) is 1.06. The normalized spacial score (nSPS) is 11.7. The van der Waals surface area contributed by atoms with Crippen LogP contribution in [0.5, 0.6) is 0 Å². The van der Waals surface area contributed by atoms with Crippen LogP contribution in [0.25, 0.3) is 22.1 Å². The molecule has 0 saturated heterocycles. The predicted molar refractivity (Wildman–Crippen MR) is 128 cm³/mol. The lowest BCUT2D eigenvalue weighted by Crippen LogP contribution is -2.40. The van der Waals surface area contributed by atoms with Gasteiger partial charge in [0.2, 0.25) is 11.2 Å². The van der Waals surface area contributed by atoms with Gasteiger partial charge in [-0.05, 0) is 36.1 Å². The van der Waals surface area contributed by atoms with Crippen molar-refractivity contribution in [3.8, 4) is 0 Å². The van der Waals surface area contributed by atoms with E-state index in [4.69, 9.17) is 16.1 Å². The van der Waals surface area contributed by atoms with Crippen LogP contribution in [0.15, 0.2) is 44.6 Å². The van der Waals surface area contributed by atoms with E-state index in [1.165, 1.54) is 9.13 Å². The maximum Gasteiger partial charge on any atom is 0.332 e. The molecule has 0 amide bonds. The second-order valence-electron chi connectivity index (χ2n) is 8.21. The summed E-state index contributed by atoms with van der Waals surface area (Å²) < 4.78 is 8.16. The van der Waals surface area contributed by atoms with Gasteiger partial charge >= 0.3 is 5.69 Å². The lowest BCUT2D eigenvalue weighted by atomic mass is 10.1. The minimum atomic E-state index is -0.430. The molecule has 0 aliphatic rings. The van der Waals surface area contributed by atoms with Gasteiger partial charge in [-0.1, -0.05) is 36.7 Å². The molecule has 0 fully saturated rings. The fourth-order valence-corrected chi connectivity index (χ4v) is 4.33. The average molecular weight is 482 g/mol. The van der Waals surface area contributed by atoms with Gasteiger partial charge in [-0.15, -0.1) is 0 Å². The number of imidazole rings is 1. The number of halogens is 1. The number of nitrogens with one attached hydrogen (secondary N) is 2. The molecule has 4 aromatic heterocycles. The third-order valence-corrected chi connectivity index (χ3v) is 6.06. The Kier molecular flexibility index (Phi) is 6.06. The summed E-state index contributed by atoms with van der Waals surface area (Å²) in [4.78, 5) is 40.5. The minimum Gasteiger partial charge on any atom is -0.361 e. The molecule has 34 heavy (non-hydrogen) atoms.